The summed E-state index contributed by atoms with van der Waals surface area (Å²) in [6.07, 6.45) is 6.34. The monoisotopic (exact) mass is 394 g/mol. The molecule has 0 spiro atoms. The van der Waals surface area contributed by atoms with Gasteiger partial charge in [0.15, 0.2) is 0 Å². The third-order valence-electron chi connectivity index (χ3n) is 6.85. The van der Waals surface area contributed by atoms with Gasteiger partial charge in [-0.2, -0.15) is 0 Å². The van der Waals surface area contributed by atoms with E-state index >= 15 is 0 Å². The SMILES string of the molecule is Oc1ccc(C2CCC(NCC3(O)CCN(Cc4ccccc4)CC3)CC2)cc1. The maximum Gasteiger partial charge on any atom is 0.115 e. The predicted octanol–water partition coefficient (Wildman–Crippen LogP) is 4.04. The predicted molar refractivity (Wildman–Crippen MR) is 117 cm³/mol. The van der Waals surface area contributed by atoms with Gasteiger partial charge in [0.2, 0.25) is 0 Å². The first-order valence-electron chi connectivity index (χ1n) is 11.1. The largest absolute Gasteiger partial charge is 0.508 e. The summed E-state index contributed by atoms with van der Waals surface area (Å²) in [5, 5.41) is 24.2. The Morgan fingerprint density at radius 1 is 0.897 bits per heavy atom. The molecular formula is C25H34N2O2. The molecule has 2 fully saturated rings. The molecule has 4 rings (SSSR count). The van der Waals surface area contributed by atoms with Crippen LogP contribution in [0.25, 0.3) is 0 Å². The van der Waals surface area contributed by atoms with Crippen molar-refractivity contribution in [2.24, 2.45) is 0 Å². The van der Waals surface area contributed by atoms with Gasteiger partial charge in [-0.25, -0.2) is 0 Å². The molecule has 0 bridgehead atoms. The number of likely N-dealkylation sites (tertiary alicyclic amines) is 1. The Labute approximate surface area is 174 Å². The van der Waals surface area contributed by atoms with Crippen molar-refractivity contribution >= 4 is 0 Å². The number of rotatable bonds is 6. The van der Waals surface area contributed by atoms with Gasteiger partial charge in [0, 0.05) is 32.2 Å². The Morgan fingerprint density at radius 2 is 1.55 bits per heavy atom. The number of phenols is 1. The van der Waals surface area contributed by atoms with Crippen LogP contribution in [0.1, 0.15) is 55.6 Å². The van der Waals surface area contributed by atoms with E-state index in [4.69, 9.17) is 0 Å². The molecule has 1 saturated carbocycles. The van der Waals surface area contributed by atoms with Crippen molar-refractivity contribution in [3.8, 4) is 5.75 Å². The summed E-state index contributed by atoms with van der Waals surface area (Å²) in [7, 11) is 0. The van der Waals surface area contributed by atoms with E-state index in [9.17, 15) is 10.2 Å². The van der Waals surface area contributed by atoms with Crippen LogP contribution in [0.15, 0.2) is 54.6 Å². The van der Waals surface area contributed by atoms with Gasteiger partial charge in [-0.3, -0.25) is 4.90 Å². The molecule has 0 unspecified atom stereocenters. The minimum absolute atomic E-state index is 0.340. The summed E-state index contributed by atoms with van der Waals surface area (Å²) in [5.74, 6) is 0.935. The third kappa shape index (κ3) is 5.59. The second kappa shape index (κ2) is 9.29. The number of aliphatic hydroxyl groups is 1. The van der Waals surface area contributed by atoms with Gasteiger partial charge < -0.3 is 15.5 Å². The first-order chi connectivity index (χ1) is 14.1. The molecule has 156 valence electrons. The van der Waals surface area contributed by atoms with E-state index in [-0.39, 0.29) is 0 Å². The zero-order chi connectivity index (χ0) is 20.1. The quantitative estimate of drug-likeness (QED) is 0.692. The zero-order valence-electron chi connectivity index (χ0n) is 17.3. The van der Waals surface area contributed by atoms with Gasteiger partial charge in [-0.1, -0.05) is 42.5 Å². The van der Waals surface area contributed by atoms with Crippen molar-refractivity contribution in [1.82, 2.24) is 10.2 Å². The third-order valence-corrected chi connectivity index (χ3v) is 6.85. The number of piperidine rings is 1. The lowest BCUT2D eigenvalue weighted by molar-refractivity contribution is -0.0242. The van der Waals surface area contributed by atoms with E-state index < -0.39 is 5.60 Å². The summed E-state index contributed by atoms with van der Waals surface area (Å²) in [5.41, 5.74) is 2.12. The maximum absolute atomic E-state index is 11.0. The molecule has 2 aromatic rings. The Morgan fingerprint density at radius 3 is 2.21 bits per heavy atom. The van der Waals surface area contributed by atoms with Crippen molar-refractivity contribution in [3.05, 3.63) is 65.7 Å². The lowest BCUT2D eigenvalue weighted by Gasteiger charge is -2.40. The second-order valence-electron chi connectivity index (χ2n) is 9.01. The van der Waals surface area contributed by atoms with Crippen LogP contribution >= 0.6 is 0 Å². The molecule has 1 heterocycles. The summed E-state index contributed by atoms with van der Waals surface area (Å²) in [6, 6.07) is 18.8. The van der Waals surface area contributed by atoms with Crippen molar-refractivity contribution in [2.75, 3.05) is 19.6 Å². The fourth-order valence-electron chi connectivity index (χ4n) is 4.86. The number of nitrogens with one attached hydrogen (secondary N) is 1. The molecule has 0 amide bonds. The molecule has 2 aromatic carbocycles. The normalized spacial score (nSPS) is 25.0. The number of nitrogens with zero attached hydrogens (tertiary/aromatic N) is 1. The molecule has 29 heavy (non-hydrogen) atoms. The smallest absolute Gasteiger partial charge is 0.115 e. The molecule has 0 aromatic heterocycles. The molecule has 3 N–H and O–H groups in total. The number of benzene rings is 2. The number of phenolic OH excluding ortho intramolecular Hbond substituents is 1. The van der Waals surface area contributed by atoms with Crippen LogP contribution in [0.3, 0.4) is 0 Å². The van der Waals surface area contributed by atoms with Gasteiger partial charge in [0.1, 0.15) is 5.75 Å². The van der Waals surface area contributed by atoms with Gasteiger partial charge >= 0.3 is 0 Å². The highest BCUT2D eigenvalue weighted by Crippen LogP contribution is 2.34. The highest BCUT2D eigenvalue weighted by Gasteiger charge is 2.33. The van der Waals surface area contributed by atoms with Gasteiger partial charge in [0.05, 0.1) is 5.60 Å². The maximum atomic E-state index is 11.0. The molecule has 1 aliphatic carbocycles. The van der Waals surface area contributed by atoms with E-state index in [0.717, 1.165) is 45.3 Å². The summed E-state index contributed by atoms with van der Waals surface area (Å²) < 4.78 is 0. The summed E-state index contributed by atoms with van der Waals surface area (Å²) >= 11 is 0. The van der Waals surface area contributed by atoms with Gasteiger partial charge in [-0.05, 0) is 67.7 Å². The zero-order valence-corrected chi connectivity index (χ0v) is 17.3. The first kappa shape index (κ1) is 20.4. The van der Waals surface area contributed by atoms with Crippen LogP contribution in [0.2, 0.25) is 0 Å². The van der Waals surface area contributed by atoms with Crippen LogP contribution in [0, 0.1) is 0 Å². The summed E-state index contributed by atoms with van der Waals surface area (Å²) in [6.45, 7) is 3.60. The Kier molecular flexibility index (Phi) is 6.53. The van der Waals surface area contributed by atoms with E-state index in [1.807, 2.05) is 0 Å². The lowest BCUT2D eigenvalue weighted by atomic mass is 9.81. The molecular weight excluding hydrogens is 360 g/mol. The fourth-order valence-corrected chi connectivity index (χ4v) is 4.86. The highest BCUT2D eigenvalue weighted by atomic mass is 16.3. The van der Waals surface area contributed by atoms with E-state index in [1.165, 1.54) is 24.0 Å². The topological polar surface area (TPSA) is 55.7 Å². The van der Waals surface area contributed by atoms with Crippen LogP contribution in [0.5, 0.6) is 5.75 Å². The van der Waals surface area contributed by atoms with Crippen LogP contribution < -0.4 is 5.32 Å². The second-order valence-corrected chi connectivity index (χ2v) is 9.01. The molecule has 0 atom stereocenters. The Balaban J connectivity index is 1.18. The number of aromatic hydroxyl groups is 1. The van der Waals surface area contributed by atoms with Crippen molar-refractivity contribution in [1.29, 1.82) is 0 Å². The molecule has 0 radical (unpaired) electrons. The molecule has 1 saturated heterocycles. The van der Waals surface area contributed by atoms with Crippen molar-refractivity contribution in [3.63, 3.8) is 0 Å². The number of hydrogen-bond acceptors (Lipinski definition) is 4. The van der Waals surface area contributed by atoms with E-state index in [2.05, 4.69) is 52.7 Å². The van der Waals surface area contributed by atoms with Crippen LogP contribution in [-0.4, -0.2) is 46.4 Å². The Hall–Kier alpha value is -1.88. The minimum Gasteiger partial charge on any atom is -0.508 e. The fraction of sp³-hybridized carbons (Fsp3) is 0.520. The number of hydrogen-bond donors (Lipinski definition) is 3. The van der Waals surface area contributed by atoms with E-state index in [0.29, 0.717) is 24.3 Å². The minimum atomic E-state index is -0.568. The molecule has 4 heteroatoms. The van der Waals surface area contributed by atoms with Crippen LogP contribution in [0.4, 0.5) is 0 Å². The lowest BCUT2D eigenvalue weighted by Crippen LogP contribution is -2.51. The molecule has 2 aliphatic rings. The van der Waals surface area contributed by atoms with Gasteiger partial charge in [0.25, 0.3) is 0 Å². The van der Waals surface area contributed by atoms with Crippen molar-refractivity contribution < 1.29 is 10.2 Å². The van der Waals surface area contributed by atoms with Crippen LogP contribution in [-0.2, 0) is 6.54 Å². The van der Waals surface area contributed by atoms with E-state index in [1.54, 1.807) is 12.1 Å². The van der Waals surface area contributed by atoms with Gasteiger partial charge in [-0.15, -0.1) is 0 Å². The highest BCUT2D eigenvalue weighted by molar-refractivity contribution is 5.28. The molecule has 1 aliphatic heterocycles. The average molecular weight is 395 g/mol. The van der Waals surface area contributed by atoms with Crippen molar-refractivity contribution in [2.45, 2.75) is 62.6 Å². The summed E-state index contributed by atoms with van der Waals surface area (Å²) in [4.78, 5) is 2.45. The standard InChI is InChI=1S/C25H34N2O2/c28-24-12-8-22(9-13-24)21-6-10-23(11-7-21)26-19-25(29)14-16-27(17-15-25)18-20-4-2-1-3-5-20/h1-5,8-9,12-13,21,23,26,28-29H,6-7,10-11,14-19H2. The first-order valence-corrected chi connectivity index (χ1v) is 11.1. The molecule has 4 nitrogen and oxygen atoms in total. The average Bonchev–Trinajstić information content (AvgIpc) is 2.76. The Bertz CT molecular complexity index is 746.